The third-order valence-electron chi connectivity index (χ3n) is 3.00. The van der Waals surface area contributed by atoms with Crippen LogP contribution < -0.4 is 10.6 Å². The van der Waals surface area contributed by atoms with E-state index in [2.05, 4.69) is 10.6 Å². The fourth-order valence-corrected chi connectivity index (χ4v) is 2.15. The first-order chi connectivity index (χ1) is 10.8. The third-order valence-corrected chi connectivity index (χ3v) is 3.33. The number of carbonyl (C=O) groups excluding carboxylic acids is 2. The lowest BCUT2D eigenvalue weighted by molar-refractivity contribution is 0.0919. The molecule has 0 fully saturated rings. The van der Waals surface area contributed by atoms with Crippen molar-refractivity contribution in [2.75, 3.05) is 5.32 Å². The van der Waals surface area contributed by atoms with Crippen LogP contribution in [0.2, 0.25) is 5.02 Å². The second-order valence-electron chi connectivity index (χ2n) is 6.22. The van der Waals surface area contributed by atoms with E-state index in [9.17, 15) is 9.59 Å². The summed E-state index contributed by atoms with van der Waals surface area (Å²) in [6, 6.07) is 13.6. The third kappa shape index (κ3) is 4.83. The van der Waals surface area contributed by atoms with Crippen LogP contribution in [0.3, 0.4) is 0 Å². The maximum Gasteiger partial charge on any atom is 0.255 e. The van der Waals surface area contributed by atoms with Gasteiger partial charge < -0.3 is 10.6 Å². The normalized spacial score (nSPS) is 11.0. The monoisotopic (exact) mass is 330 g/mol. The van der Waals surface area contributed by atoms with Crippen molar-refractivity contribution in [3.63, 3.8) is 0 Å². The summed E-state index contributed by atoms with van der Waals surface area (Å²) in [5.74, 6) is -0.534. The molecule has 5 heteroatoms. The zero-order chi connectivity index (χ0) is 17.0. The van der Waals surface area contributed by atoms with Gasteiger partial charge in [-0.2, -0.15) is 0 Å². The molecule has 0 bridgehead atoms. The molecule has 0 saturated heterocycles. The van der Waals surface area contributed by atoms with Gasteiger partial charge in [-0.15, -0.1) is 0 Å². The quantitative estimate of drug-likeness (QED) is 0.889. The summed E-state index contributed by atoms with van der Waals surface area (Å²) in [6.45, 7) is 5.70. The molecule has 2 aromatic carbocycles. The van der Waals surface area contributed by atoms with Crippen molar-refractivity contribution in [3.8, 4) is 0 Å². The molecule has 0 unspecified atom stereocenters. The molecule has 2 amide bonds. The molecule has 0 heterocycles. The molecule has 0 aliphatic carbocycles. The van der Waals surface area contributed by atoms with E-state index in [-0.39, 0.29) is 17.4 Å². The van der Waals surface area contributed by atoms with Gasteiger partial charge in [-0.1, -0.05) is 29.8 Å². The number of para-hydroxylation sites is 1. The SMILES string of the molecule is CC(C)(C)NC(=O)c1cccc(C(=O)Nc2ccccc2Cl)c1. The number of halogens is 1. The molecule has 2 aromatic rings. The summed E-state index contributed by atoms with van der Waals surface area (Å²) in [4.78, 5) is 24.5. The zero-order valence-corrected chi connectivity index (χ0v) is 14.1. The first kappa shape index (κ1) is 17.0. The number of hydrogen-bond acceptors (Lipinski definition) is 2. The molecule has 0 atom stereocenters. The maximum absolute atomic E-state index is 12.3. The highest BCUT2D eigenvalue weighted by molar-refractivity contribution is 6.33. The predicted octanol–water partition coefficient (Wildman–Crippen LogP) is 4.12. The van der Waals surface area contributed by atoms with Crippen LogP contribution >= 0.6 is 11.6 Å². The van der Waals surface area contributed by atoms with Gasteiger partial charge in [0.05, 0.1) is 10.7 Å². The van der Waals surface area contributed by atoms with E-state index in [1.807, 2.05) is 20.8 Å². The van der Waals surface area contributed by atoms with Gasteiger partial charge in [-0.3, -0.25) is 9.59 Å². The average Bonchev–Trinajstić information content (AvgIpc) is 2.48. The number of benzene rings is 2. The van der Waals surface area contributed by atoms with Crippen LogP contribution in [0.4, 0.5) is 5.69 Å². The molecule has 4 nitrogen and oxygen atoms in total. The lowest BCUT2D eigenvalue weighted by Gasteiger charge is -2.20. The Morgan fingerprint density at radius 3 is 2.13 bits per heavy atom. The summed E-state index contributed by atoms with van der Waals surface area (Å²) in [5.41, 5.74) is 1.02. The van der Waals surface area contributed by atoms with Crippen LogP contribution in [0.15, 0.2) is 48.5 Å². The molecule has 0 radical (unpaired) electrons. The second-order valence-corrected chi connectivity index (χ2v) is 6.63. The Balaban J connectivity index is 2.18. The van der Waals surface area contributed by atoms with E-state index in [0.717, 1.165) is 0 Å². The Bertz CT molecular complexity index is 736. The van der Waals surface area contributed by atoms with E-state index < -0.39 is 0 Å². The van der Waals surface area contributed by atoms with Gasteiger partial charge >= 0.3 is 0 Å². The Hall–Kier alpha value is -2.33. The van der Waals surface area contributed by atoms with Crippen molar-refractivity contribution in [3.05, 3.63) is 64.7 Å². The highest BCUT2D eigenvalue weighted by atomic mass is 35.5. The minimum Gasteiger partial charge on any atom is -0.347 e. The maximum atomic E-state index is 12.3. The molecule has 120 valence electrons. The van der Waals surface area contributed by atoms with Crippen LogP contribution in [-0.2, 0) is 0 Å². The van der Waals surface area contributed by atoms with Gasteiger partial charge in [0, 0.05) is 16.7 Å². The smallest absolute Gasteiger partial charge is 0.255 e. The summed E-state index contributed by atoms with van der Waals surface area (Å²) in [5, 5.41) is 6.07. The van der Waals surface area contributed by atoms with E-state index in [1.54, 1.807) is 48.5 Å². The van der Waals surface area contributed by atoms with E-state index in [1.165, 1.54) is 0 Å². The molecular formula is C18H19ClN2O2. The average molecular weight is 331 g/mol. The van der Waals surface area contributed by atoms with Crippen molar-refractivity contribution in [2.24, 2.45) is 0 Å². The molecule has 2 rings (SSSR count). The van der Waals surface area contributed by atoms with E-state index >= 15 is 0 Å². The molecular weight excluding hydrogens is 312 g/mol. The highest BCUT2D eigenvalue weighted by Crippen LogP contribution is 2.21. The Morgan fingerprint density at radius 1 is 0.913 bits per heavy atom. The van der Waals surface area contributed by atoms with Crippen LogP contribution in [0.1, 0.15) is 41.5 Å². The van der Waals surface area contributed by atoms with Gasteiger partial charge in [-0.25, -0.2) is 0 Å². The number of amides is 2. The minimum absolute atomic E-state index is 0.218. The van der Waals surface area contributed by atoms with Crippen LogP contribution in [0, 0.1) is 0 Å². The van der Waals surface area contributed by atoms with E-state index in [0.29, 0.717) is 21.8 Å². The van der Waals surface area contributed by atoms with Gasteiger partial charge in [0.2, 0.25) is 0 Å². The Kier molecular flexibility index (Phi) is 5.06. The molecule has 0 spiro atoms. The topological polar surface area (TPSA) is 58.2 Å². The van der Waals surface area contributed by atoms with Crippen LogP contribution in [-0.4, -0.2) is 17.4 Å². The largest absolute Gasteiger partial charge is 0.347 e. The summed E-state index contributed by atoms with van der Waals surface area (Å²) in [6.07, 6.45) is 0. The van der Waals surface area contributed by atoms with E-state index in [4.69, 9.17) is 11.6 Å². The zero-order valence-electron chi connectivity index (χ0n) is 13.3. The molecule has 23 heavy (non-hydrogen) atoms. The lowest BCUT2D eigenvalue weighted by atomic mass is 10.1. The van der Waals surface area contributed by atoms with Crippen molar-refractivity contribution < 1.29 is 9.59 Å². The number of nitrogens with one attached hydrogen (secondary N) is 2. The van der Waals surface area contributed by atoms with Crippen LogP contribution in [0.25, 0.3) is 0 Å². The fourth-order valence-electron chi connectivity index (χ4n) is 1.97. The number of carbonyl (C=O) groups is 2. The van der Waals surface area contributed by atoms with Crippen molar-refractivity contribution in [1.82, 2.24) is 5.32 Å². The van der Waals surface area contributed by atoms with Crippen molar-refractivity contribution in [1.29, 1.82) is 0 Å². The standard InChI is InChI=1S/C18H19ClN2O2/c1-18(2,3)21-17(23)13-8-6-7-12(11-13)16(22)20-15-10-5-4-9-14(15)19/h4-11H,1-3H3,(H,20,22)(H,21,23). The van der Waals surface area contributed by atoms with Crippen molar-refractivity contribution in [2.45, 2.75) is 26.3 Å². The van der Waals surface area contributed by atoms with Gasteiger partial charge in [0.15, 0.2) is 0 Å². The fraction of sp³-hybridized carbons (Fsp3) is 0.222. The molecule has 0 aliphatic rings. The summed E-state index contributed by atoms with van der Waals surface area (Å²) < 4.78 is 0. The summed E-state index contributed by atoms with van der Waals surface area (Å²) >= 11 is 6.03. The second kappa shape index (κ2) is 6.84. The molecule has 0 saturated carbocycles. The number of rotatable bonds is 3. The van der Waals surface area contributed by atoms with Gasteiger partial charge in [-0.05, 0) is 51.1 Å². The number of anilines is 1. The summed E-state index contributed by atoms with van der Waals surface area (Å²) in [7, 11) is 0. The highest BCUT2D eigenvalue weighted by Gasteiger charge is 2.16. The van der Waals surface area contributed by atoms with Crippen molar-refractivity contribution >= 4 is 29.1 Å². The minimum atomic E-state index is -0.340. The lowest BCUT2D eigenvalue weighted by Crippen LogP contribution is -2.40. The molecule has 2 N–H and O–H groups in total. The predicted molar refractivity (Wildman–Crippen MR) is 93.1 cm³/mol. The van der Waals surface area contributed by atoms with Gasteiger partial charge in [0.25, 0.3) is 11.8 Å². The van der Waals surface area contributed by atoms with Crippen LogP contribution in [0.5, 0.6) is 0 Å². The molecule has 0 aliphatic heterocycles. The van der Waals surface area contributed by atoms with Gasteiger partial charge in [0.1, 0.15) is 0 Å². The number of hydrogen-bond donors (Lipinski definition) is 2. The first-order valence-electron chi connectivity index (χ1n) is 7.25. The first-order valence-corrected chi connectivity index (χ1v) is 7.62. The molecule has 0 aromatic heterocycles. The Morgan fingerprint density at radius 2 is 1.52 bits per heavy atom. The Labute approximate surface area is 140 Å².